The van der Waals surface area contributed by atoms with Crippen LogP contribution in [0.3, 0.4) is 0 Å². The topological polar surface area (TPSA) is 163 Å². The Labute approximate surface area is 352 Å². The molecule has 0 aliphatic heterocycles. The van der Waals surface area contributed by atoms with Crippen molar-refractivity contribution in [2.75, 3.05) is 37.9 Å². The summed E-state index contributed by atoms with van der Waals surface area (Å²) in [6.07, 6.45) is 3.94. The van der Waals surface area contributed by atoms with E-state index in [4.69, 9.17) is 10.5 Å². The van der Waals surface area contributed by atoms with E-state index in [1.54, 1.807) is 25.3 Å². The average Bonchev–Trinajstić information content (AvgIpc) is 3.24. The Hall–Kier alpha value is -7.07. The molecule has 0 bridgehead atoms. The van der Waals surface area contributed by atoms with Gasteiger partial charge in [0.15, 0.2) is 0 Å². The molecule has 0 saturated heterocycles. The zero-order valence-electron chi connectivity index (χ0n) is 33.5. The number of phenols is 1. The third kappa shape index (κ3) is 9.96. The number of hydrogen-bond acceptors (Lipinski definition) is 9. The first-order chi connectivity index (χ1) is 29.0. The van der Waals surface area contributed by atoms with Crippen LogP contribution in [0.25, 0.3) is 21.8 Å². The van der Waals surface area contributed by atoms with E-state index in [2.05, 4.69) is 44.4 Å². The van der Waals surface area contributed by atoms with Crippen LogP contribution in [0.4, 0.5) is 17.1 Å². The van der Waals surface area contributed by atoms with E-state index >= 15 is 0 Å². The van der Waals surface area contributed by atoms with Crippen molar-refractivity contribution in [1.82, 2.24) is 14.9 Å². The largest absolute Gasteiger partial charge is 0.506 e. The number of nitrogens with two attached hydrogens (primary N) is 1. The van der Waals surface area contributed by atoms with Gasteiger partial charge in [-0.3, -0.25) is 19.4 Å². The molecule has 0 radical (unpaired) electrons. The number of ether oxygens (including phenoxy) is 1. The molecule has 60 heavy (non-hydrogen) atoms. The number of aromatic nitrogens is 2. The van der Waals surface area contributed by atoms with Gasteiger partial charge in [0.05, 0.1) is 29.4 Å². The first kappa shape index (κ1) is 41.1. The van der Waals surface area contributed by atoms with Crippen LogP contribution in [-0.2, 0) is 6.42 Å². The monoisotopic (exact) mass is 816 g/mol. The summed E-state index contributed by atoms with van der Waals surface area (Å²) in [5.74, 6) is 6.38. The highest BCUT2D eigenvalue weighted by atomic mass is 32.2. The number of fused-ring (bicyclic) bond motifs is 2. The number of nitrogens with zero attached hydrogens (tertiary/aromatic N) is 2. The summed E-state index contributed by atoms with van der Waals surface area (Å²) in [5.41, 5.74) is 12.3. The molecule has 0 aliphatic carbocycles. The van der Waals surface area contributed by atoms with Crippen LogP contribution < -0.4 is 26.7 Å². The highest BCUT2D eigenvalue weighted by molar-refractivity contribution is 7.99. The number of carbonyl (C=O) groups is 2. The van der Waals surface area contributed by atoms with Gasteiger partial charge in [-0.15, -0.1) is 0 Å². The Morgan fingerprint density at radius 2 is 1.73 bits per heavy atom. The number of pyridine rings is 2. The number of unbranched alkanes of at least 4 members (excludes halogenated alkanes) is 1. The second kappa shape index (κ2) is 18.7. The highest BCUT2D eigenvalue weighted by Crippen LogP contribution is 2.37. The number of aromatic hydroxyl groups is 1. The maximum absolute atomic E-state index is 13.4. The number of hydrogen-bond donors (Lipinski definition) is 5. The quantitative estimate of drug-likeness (QED) is 0.0534. The van der Waals surface area contributed by atoms with Crippen LogP contribution in [0.2, 0.25) is 0 Å². The number of rotatable bonds is 14. The predicted molar refractivity (Wildman–Crippen MR) is 240 cm³/mol. The summed E-state index contributed by atoms with van der Waals surface area (Å²) in [5, 5.41) is 18.1. The van der Waals surface area contributed by atoms with Crippen molar-refractivity contribution in [3.8, 4) is 23.3 Å². The SMILES string of the molecule is COc1cccc(Nc2c(C(N)=O)cnc3c(C)cc(Sc4cccc(C(=O)Nc5ccc(C#CCCCN(C)CCc6ccc(O)c7[nH]c(=O)ccc67)cc5)c4)cc23)c1. The number of nitrogens with one attached hydrogen (secondary N) is 3. The van der Waals surface area contributed by atoms with Gasteiger partial charge in [-0.2, -0.15) is 0 Å². The first-order valence-corrected chi connectivity index (χ1v) is 20.2. The number of methoxy groups -OCH3 is 1. The number of phenolic OH excluding ortho intramolecular Hbond substituents is 1. The maximum Gasteiger partial charge on any atom is 0.255 e. The maximum atomic E-state index is 13.4. The minimum absolute atomic E-state index is 0.0704. The lowest BCUT2D eigenvalue weighted by atomic mass is 10.0. The van der Waals surface area contributed by atoms with Gasteiger partial charge in [0.2, 0.25) is 5.56 Å². The van der Waals surface area contributed by atoms with Gasteiger partial charge in [-0.05, 0) is 123 Å². The number of primary amides is 1. The van der Waals surface area contributed by atoms with Crippen LogP contribution in [0.1, 0.15) is 50.2 Å². The van der Waals surface area contributed by atoms with Crippen molar-refractivity contribution < 1.29 is 19.4 Å². The van der Waals surface area contributed by atoms with Gasteiger partial charge >= 0.3 is 0 Å². The lowest BCUT2D eigenvalue weighted by Crippen LogP contribution is -2.22. The van der Waals surface area contributed by atoms with Gasteiger partial charge in [-0.1, -0.05) is 41.8 Å². The fourth-order valence-electron chi connectivity index (χ4n) is 6.89. The lowest BCUT2D eigenvalue weighted by Gasteiger charge is -2.16. The number of anilines is 3. The third-order valence-electron chi connectivity index (χ3n) is 10.0. The zero-order valence-corrected chi connectivity index (χ0v) is 34.3. The van der Waals surface area contributed by atoms with Crippen LogP contribution in [0, 0.1) is 18.8 Å². The second-order valence-electron chi connectivity index (χ2n) is 14.4. The molecule has 0 atom stereocenters. The Morgan fingerprint density at radius 1 is 0.917 bits per heavy atom. The van der Waals surface area contributed by atoms with Crippen molar-refractivity contribution >= 4 is 62.4 Å². The summed E-state index contributed by atoms with van der Waals surface area (Å²) in [6, 6.07) is 33.1. The molecule has 0 unspecified atom stereocenters. The van der Waals surface area contributed by atoms with E-state index in [0.29, 0.717) is 28.2 Å². The van der Waals surface area contributed by atoms with Gasteiger partial charge in [-0.25, -0.2) is 0 Å². The van der Waals surface area contributed by atoms with Crippen molar-refractivity contribution in [1.29, 1.82) is 0 Å². The zero-order chi connectivity index (χ0) is 42.2. The molecule has 12 heteroatoms. The molecule has 7 rings (SSSR count). The van der Waals surface area contributed by atoms with Gasteiger partial charge in [0.25, 0.3) is 11.8 Å². The van der Waals surface area contributed by atoms with Crippen molar-refractivity contribution in [3.63, 3.8) is 0 Å². The lowest BCUT2D eigenvalue weighted by molar-refractivity contribution is 0.0998. The second-order valence-corrected chi connectivity index (χ2v) is 15.5. The van der Waals surface area contributed by atoms with E-state index in [1.165, 1.54) is 24.0 Å². The average molecular weight is 817 g/mol. The number of amides is 2. The number of aromatic amines is 1. The molecule has 11 nitrogen and oxygen atoms in total. The first-order valence-electron chi connectivity index (χ1n) is 19.4. The van der Waals surface area contributed by atoms with E-state index in [-0.39, 0.29) is 22.8 Å². The minimum atomic E-state index is -0.598. The van der Waals surface area contributed by atoms with E-state index in [0.717, 1.165) is 80.8 Å². The molecule has 5 aromatic carbocycles. The van der Waals surface area contributed by atoms with Gasteiger partial charge in [0, 0.05) is 74.4 Å². The van der Waals surface area contributed by atoms with Crippen molar-refractivity contribution in [2.45, 2.75) is 36.0 Å². The van der Waals surface area contributed by atoms with Crippen molar-refractivity contribution in [2.24, 2.45) is 5.73 Å². The standard InChI is InChI=1S/C48H44N6O5S/c1-30-25-38(28-40-44(30)50-29-41(47(49)57)45(40)51-35-11-8-12-36(27-35)59-3)60-37-13-7-10-33(26-37)48(58)52-34-17-14-31(15-18-34)9-5-4-6-23-54(2)24-22-32-16-20-42(55)46-39(32)19-21-43(56)53-46/h7-8,10-21,25-29,55H,4,6,22-24H2,1-3H3,(H2,49,57)(H,50,51)(H,52,58)(H,53,56). The number of carbonyl (C=O) groups excluding carboxylic acids is 2. The van der Waals surface area contributed by atoms with Crippen LogP contribution in [0.5, 0.6) is 11.5 Å². The molecule has 2 aromatic heterocycles. The molecule has 2 amide bonds. The molecule has 0 spiro atoms. The summed E-state index contributed by atoms with van der Waals surface area (Å²) in [6.45, 7) is 3.68. The highest BCUT2D eigenvalue weighted by Gasteiger charge is 2.17. The number of benzene rings is 5. The molecular formula is C48H44N6O5S. The normalized spacial score (nSPS) is 11.0. The Morgan fingerprint density at radius 3 is 2.53 bits per heavy atom. The third-order valence-corrected chi connectivity index (χ3v) is 11.0. The molecule has 0 aliphatic rings. The number of aryl methyl sites for hydroxylation is 1. The summed E-state index contributed by atoms with van der Waals surface area (Å²) in [4.78, 5) is 48.9. The molecule has 302 valence electrons. The van der Waals surface area contributed by atoms with Crippen LogP contribution >= 0.6 is 11.8 Å². The molecule has 7 aromatic rings. The van der Waals surface area contributed by atoms with Gasteiger partial charge in [0.1, 0.15) is 11.5 Å². The van der Waals surface area contributed by atoms with E-state index < -0.39 is 5.91 Å². The van der Waals surface area contributed by atoms with E-state index in [1.807, 2.05) is 91.9 Å². The predicted octanol–water partition coefficient (Wildman–Crippen LogP) is 8.65. The Bertz CT molecular complexity index is 2850. The summed E-state index contributed by atoms with van der Waals surface area (Å²) in [7, 11) is 3.67. The fraction of sp³-hybridized carbons (Fsp3) is 0.167. The summed E-state index contributed by atoms with van der Waals surface area (Å²) < 4.78 is 5.39. The molecule has 2 heterocycles. The fourth-order valence-corrected chi connectivity index (χ4v) is 7.91. The summed E-state index contributed by atoms with van der Waals surface area (Å²) >= 11 is 1.50. The smallest absolute Gasteiger partial charge is 0.255 e. The minimum Gasteiger partial charge on any atom is -0.506 e. The molecule has 6 N–H and O–H groups in total. The number of likely N-dealkylation sites (N-methyl/N-ethyl adjacent to an activating group) is 1. The van der Waals surface area contributed by atoms with Crippen LogP contribution in [0.15, 0.2) is 130 Å². The van der Waals surface area contributed by atoms with Crippen LogP contribution in [-0.4, -0.2) is 59.0 Å². The number of H-pyrrole nitrogens is 1. The Balaban J connectivity index is 0.940. The molecule has 0 saturated carbocycles. The molecular weight excluding hydrogens is 773 g/mol. The Kier molecular flexibility index (Phi) is 12.8. The van der Waals surface area contributed by atoms with E-state index in [9.17, 15) is 19.5 Å². The van der Waals surface area contributed by atoms with Gasteiger partial charge < -0.3 is 36.1 Å². The van der Waals surface area contributed by atoms with Crippen molar-refractivity contribution in [3.05, 3.63) is 154 Å². The molecule has 0 fully saturated rings.